The molecule has 2 nitrogen and oxygen atoms in total. The van der Waals surface area contributed by atoms with Crippen molar-refractivity contribution in [2.24, 2.45) is 0 Å². The Morgan fingerprint density at radius 3 is 2.42 bits per heavy atom. The van der Waals surface area contributed by atoms with Gasteiger partial charge in [0.15, 0.2) is 0 Å². The van der Waals surface area contributed by atoms with Crippen LogP contribution in [0.5, 0.6) is 5.75 Å². The van der Waals surface area contributed by atoms with Crippen LogP contribution in [0.4, 0.5) is 0 Å². The number of para-hydroxylation sites is 1. The molecule has 0 aromatic heterocycles. The first-order valence-corrected chi connectivity index (χ1v) is 7.68. The Kier molecular flexibility index (Phi) is 8.68. The summed E-state index contributed by atoms with van der Waals surface area (Å²) < 4.78 is 5.69. The van der Waals surface area contributed by atoms with Crippen LogP contribution in [0.15, 0.2) is 18.2 Å². The molecule has 1 N–H and O–H groups in total. The molecule has 0 spiro atoms. The second kappa shape index (κ2) is 10.1. The lowest BCUT2D eigenvalue weighted by Gasteiger charge is -2.11. The lowest BCUT2D eigenvalue weighted by atomic mass is 10.1. The first-order chi connectivity index (χ1) is 9.29. The van der Waals surface area contributed by atoms with Gasteiger partial charge >= 0.3 is 0 Å². The maximum absolute atomic E-state index is 9.23. The fourth-order valence-corrected chi connectivity index (χ4v) is 2.32. The number of aliphatic hydroxyl groups excluding tert-OH is 1. The Morgan fingerprint density at radius 2 is 1.74 bits per heavy atom. The third-order valence-electron chi connectivity index (χ3n) is 3.21. The van der Waals surface area contributed by atoms with Crippen LogP contribution >= 0.6 is 11.6 Å². The molecule has 0 amide bonds. The van der Waals surface area contributed by atoms with Gasteiger partial charge in [-0.05, 0) is 12.5 Å². The van der Waals surface area contributed by atoms with Crippen LogP contribution in [0.1, 0.15) is 57.4 Å². The third kappa shape index (κ3) is 6.31. The fourth-order valence-electron chi connectivity index (χ4n) is 2.07. The van der Waals surface area contributed by atoms with Crippen LogP contribution in [0, 0.1) is 0 Å². The van der Waals surface area contributed by atoms with Crippen molar-refractivity contribution in [1.82, 2.24) is 0 Å². The molecule has 0 bridgehead atoms. The molecule has 0 saturated heterocycles. The van der Waals surface area contributed by atoms with Crippen LogP contribution in [0.2, 0.25) is 5.02 Å². The van der Waals surface area contributed by atoms with Gasteiger partial charge in [0.2, 0.25) is 0 Å². The van der Waals surface area contributed by atoms with E-state index in [0.29, 0.717) is 17.4 Å². The molecule has 0 aliphatic heterocycles. The van der Waals surface area contributed by atoms with Gasteiger partial charge in [0.05, 0.1) is 18.2 Å². The van der Waals surface area contributed by atoms with Crippen LogP contribution in [-0.2, 0) is 6.61 Å². The zero-order valence-corrected chi connectivity index (χ0v) is 12.6. The molecule has 0 saturated carbocycles. The molecule has 1 aromatic carbocycles. The molecule has 19 heavy (non-hydrogen) atoms. The van der Waals surface area contributed by atoms with Crippen LogP contribution in [0.25, 0.3) is 0 Å². The summed E-state index contributed by atoms with van der Waals surface area (Å²) in [5.41, 5.74) is 0.760. The molecule has 0 radical (unpaired) electrons. The number of ether oxygens (including phenoxy) is 1. The zero-order chi connectivity index (χ0) is 13.9. The van der Waals surface area contributed by atoms with E-state index in [1.54, 1.807) is 6.07 Å². The molecule has 3 heteroatoms. The molecule has 0 aliphatic carbocycles. The fraction of sp³-hybridized carbons (Fsp3) is 0.625. The van der Waals surface area contributed by atoms with Gasteiger partial charge in [-0.2, -0.15) is 0 Å². The quantitative estimate of drug-likeness (QED) is 0.615. The maximum atomic E-state index is 9.23. The van der Waals surface area contributed by atoms with Crippen molar-refractivity contribution in [1.29, 1.82) is 0 Å². The summed E-state index contributed by atoms with van der Waals surface area (Å²) in [6.45, 7) is 2.87. The van der Waals surface area contributed by atoms with Gasteiger partial charge in [-0.1, -0.05) is 69.2 Å². The highest BCUT2D eigenvalue weighted by molar-refractivity contribution is 6.32. The van der Waals surface area contributed by atoms with Crippen molar-refractivity contribution in [3.8, 4) is 5.75 Å². The lowest BCUT2D eigenvalue weighted by molar-refractivity contribution is 0.260. The minimum atomic E-state index is -0.0348. The van der Waals surface area contributed by atoms with Crippen LogP contribution < -0.4 is 4.74 Å². The molecule has 1 aromatic rings. The Morgan fingerprint density at radius 1 is 1.05 bits per heavy atom. The van der Waals surface area contributed by atoms with Crippen LogP contribution in [0.3, 0.4) is 0 Å². The number of aliphatic hydroxyl groups is 1. The van der Waals surface area contributed by atoms with Crippen molar-refractivity contribution in [2.75, 3.05) is 6.61 Å². The molecule has 0 fully saturated rings. The minimum absolute atomic E-state index is 0.0348. The van der Waals surface area contributed by atoms with Crippen molar-refractivity contribution in [3.63, 3.8) is 0 Å². The highest BCUT2D eigenvalue weighted by Crippen LogP contribution is 2.28. The molecule has 0 aliphatic rings. The van der Waals surface area contributed by atoms with Gasteiger partial charge in [0.25, 0.3) is 0 Å². The lowest BCUT2D eigenvalue weighted by Crippen LogP contribution is -2.01. The number of benzene rings is 1. The van der Waals surface area contributed by atoms with E-state index in [2.05, 4.69) is 6.92 Å². The second-order valence-electron chi connectivity index (χ2n) is 4.86. The average molecular weight is 285 g/mol. The van der Waals surface area contributed by atoms with Gasteiger partial charge < -0.3 is 9.84 Å². The number of rotatable bonds is 10. The van der Waals surface area contributed by atoms with Crippen molar-refractivity contribution in [3.05, 3.63) is 28.8 Å². The molecule has 0 heterocycles. The van der Waals surface area contributed by atoms with E-state index in [0.717, 1.165) is 12.0 Å². The zero-order valence-electron chi connectivity index (χ0n) is 11.8. The molecular formula is C16H25ClO2. The van der Waals surface area contributed by atoms with Crippen molar-refractivity contribution >= 4 is 11.6 Å². The topological polar surface area (TPSA) is 29.5 Å². The number of unbranched alkanes of at least 4 members (excludes halogenated alkanes) is 6. The molecule has 108 valence electrons. The van der Waals surface area contributed by atoms with Gasteiger partial charge in [-0.3, -0.25) is 0 Å². The molecule has 1 rings (SSSR count). The van der Waals surface area contributed by atoms with Crippen molar-refractivity contribution < 1.29 is 9.84 Å². The smallest absolute Gasteiger partial charge is 0.143 e. The SMILES string of the molecule is CCCCCCCCCOc1c(Cl)cccc1CO. The van der Waals surface area contributed by atoms with E-state index in [-0.39, 0.29) is 6.61 Å². The second-order valence-corrected chi connectivity index (χ2v) is 5.26. The number of halogens is 1. The summed E-state index contributed by atoms with van der Waals surface area (Å²) in [5.74, 6) is 0.637. The average Bonchev–Trinajstić information content (AvgIpc) is 2.43. The monoisotopic (exact) mass is 284 g/mol. The standard InChI is InChI=1S/C16H25ClO2/c1-2-3-4-5-6-7-8-12-19-16-14(13-18)10-9-11-15(16)17/h9-11,18H,2-8,12-13H2,1H3. The maximum Gasteiger partial charge on any atom is 0.143 e. The van der Waals surface area contributed by atoms with Crippen LogP contribution in [-0.4, -0.2) is 11.7 Å². The minimum Gasteiger partial charge on any atom is -0.492 e. The van der Waals surface area contributed by atoms with E-state index in [1.165, 1.54) is 38.5 Å². The number of hydrogen-bond acceptors (Lipinski definition) is 2. The molecule has 0 atom stereocenters. The summed E-state index contributed by atoms with van der Waals surface area (Å²) >= 11 is 6.07. The van der Waals surface area contributed by atoms with E-state index in [9.17, 15) is 5.11 Å². The summed E-state index contributed by atoms with van der Waals surface area (Å²) in [6, 6.07) is 5.46. The summed E-state index contributed by atoms with van der Waals surface area (Å²) in [4.78, 5) is 0. The van der Waals surface area contributed by atoms with E-state index in [1.807, 2.05) is 12.1 Å². The van der Waals surface area contributed by atoms with Gasteiger partial charge in [-0.25, -0.2) is 0 Å². The highest BCUT2D eigenvalue weighted by atomic mass is 35.5. The first-order valence-electron chi connectivity index (χ1n) is 7.30. The van der Waals surface area contributed by atoms with Gasteiger partial charge in [0, 0.05) is 5.56 Å². The Hall–Kier alpha value is -0.730. The molecule has 0 unspecified atom stereocenters. The Balaban J connectivity index is 2.19. The molecular weight excluding hydrogens is 260 g/mol. The number of hydrogen-bond donors (Lipinski definition) is 1. The predicted octanol–water partition coefficient (Wildman–Crippen LogP) is 4.96. The van der Waals surface area contributed by atoms with E-state index >= 15 is 0 Å². The third-order valence-corrected chi connectivity index (χ3v) is 3.51. The normalized spacial score (nSPS) is 10.7. The predicted molar refractivity (Wildman–Crippen MR) is 80.9 cm³/mol. The largest absolute Gasteiger partial charge is 0.492 e. The first kappa shape index (κ1) is 16.3. The highest BCUT2D eigenvalue weighted by Gasteiger charge is 2.07. The van der Waals surface area contributed by atoms with Crippen molar-refractivity contribution in [2.45, 2.75) is 58.5 Å². The Labute approximate surface area is 121 Å². The summed E-state index contributed by atoms with van der Waals surface area (Å²) in [5, 5.41) is 9.81. The summed E-state index contributed by atoms with van der Waals surface area (Å²) in [6.07, 6.45) is 8.82. The van der Waals surface area contributed by atoms with E-state index in [4.69, 9.17) is 16.3 Å². The van der Waals surface area contributed by atoms with Gasteiger partial charge in [-0.15, -0.1) is 0 Å². The van der Waals surface area contributed by atoms with Gasteiger partial charge in [0.1, 0.15) is 5.75 Å². The van der Waals surface area contributed by atoms with E-state index < -0.39 is 0 Å². The summed E-state index contributed by atoms with van der Waals surface area (Å²) in [7, 11) is 0. The Bertz CT molecular complexity index is 353.